The van der Waals surface area contributed by atoms with E-state index in [0.717, 1.165) is 0 Å². The van der Waals surface area contributed by atoms with Gasteiger partial charge in [0.05, 0.1) is 28.7 Å². The van der Waals surface area contributed by atoms with Gasteiger partial charge >= 0.3 is 13.1 Å². The van der Waals surface area contributed by atoms with Crippen molar-refractivity contribution in [3.05, 3.63) is 40.1 Å². The van der Waals surface area contributed by atoms with Gasteiger partial charge in [-0.25, -0.2) is 4.79 Å². The number of hydrogen-bond donors (Lipinski definition) is 4. The molecule has 1 unspecified atom stereocenters. The molecule has 9 nitrogen and oxygen atoms in total. The highest BCUT2D eigenvalue weighted by molar-refractivity contribution is 6.47. The smallest absolute Gasteiger partial charge is 0.534 e. The quantitative estimate of drug-likeness (QED) is 0.547. The molecule has 0 spiro atoms. The van der Waals surface area contributed by atoms with Crippen molar-refractivity contribution in [2.45, 2.75) is 24.8 Å². The molecule has 0 bridgehead atoms. The summed E-state index contributed by atoms with van der Waals surface area (Å²) in [5, 5.41) is 30.1. The van der Waals surface area contributed by atoms with Crippen LogP contribution in [0.25, 0.3) is 0 Å². The van der Waals surface area contributed by atoms with Gasteiger partial charge in [-0.15, -0.1) is 0 Å². The van der Waals surface area contributed by atoms with Crippen molar-refractivity contribution in [1.82, 2.24) is 5.32 Å². The third kappa shape index (κ3) is 3.57. The van der Waals surface area contributed by atoms with Crippen molar-refractivity contribution >= 4 is 30.6 Å². The fraction of sp³-hybridized carbons (Fsp3) is 0.333. The van der Waals surface area contributed by atoms with Gasteiger partial charge in [-0.3, -0.25) is 4.79 Å². The summed E-state index contributed by atoms with van der Waals surface area (Å²) < 4.78 is 5.33. The second kappa shape index (κ2) is 7.44. The van der Waals surface area contributed by atoms with E-state index in [2.05, 4.69) is 15.5 Å². The number of para-hydroxylation sites is 1. The molecule has 1 aromatic rings. The summed E-state index contributed by atoms with van der Waals surface area (Å²) >= 11 is 6.08. The zero-order valence-corrected chi connectivity index (χ0v) is 14.3. The fourth-order valence-electron chi connectivity index (χ4n) is 2.86. The predicted molar refractivity (Wildman–Crippen MR) is 92.8 cm³/mol. The molecular formula is C15H16BClN4O5. The average Bonchev–Trinajstić information content (AvgIpc) is 2.94. The number of aromatic carboxylic acids is 1. The molecule has 2 aliphatic rings. The van der Waals surface area contributed by atoms with Gasteiger partial charge in [-0.2, -0.15) is 10.2 Å². The minimum Gasteiger partial charge on any atom is -0.534 e. The average molecular weight is 379 g/mol. The van der Waals surface area contributed by atoms with Crippen molar-refractivity contribution in [2.75, 3.05) is 6.54 Å². The number of halogens is 1. The molecule has 26 heavy (non-hydrogen) atoms. The Morgan fingerprint density at radius 1 is 1.46 bits per heavy atom. The number of rotatable bonds is 5. The third-order valence-electron chi connectivity index (χ3n) is 4.15. The summed E-state index contributed by atoms with van der Waals surface area (Å²) in [7, 11) is -1.37. The van der Waals surface area contributed by atoms with Crippen LogP contribution in [0.15, 0.2) is 39.2 Å². The van der Waals surface area contributed by atoms with Gasteiger partial charge in [0.25, 0.3) is 0 Å². The van der Waals surface area contributed by atoms with Crippen LogP contribution in [0.2, 0.25) is 0 Å². The van der Waals surface area contributed by atoms with Gasteiger partial charge in [-0.05, 0) is 18.1 Å². The van der Waals surface area contributed by atoms with Gasteiger partial charge in [-0.1, -0.05) is 23.7 Å². The molecule has 11 heteroatoms. The molecule has 0 saturated heterocycles. The second-order valence-electron chi connectivity index (χ2n) is 5.92. The second-order valence-corrected chi connectivity index (χ2v) is 6.33. The molecule has 0 saturated carbocycles. The third-order valence-corrected chi connectivity index (χ3v) is 4.62. The zero-order valence-electron chi connectivity index (χ0n) is 13.6. The largest absolute Gasteiger partial charge is 0.547 e. The number of benzene rings is 1. The van der Waals surface area contributed by atoms with Crippen molar-refractivity contribution in [3.63, 3.8) is 0 Å². The van der Waals surface area contributed by atoms with Crippen LogP contribution < -0.4 is 15.7 Å². The summed E-state index contributed by atoms with van der Waals surface area (Å²) in [5.41, 5.74) is 6.47. The maximum absolute atomic E-state index is 12.3. The van der Waals surface area contributed by atoms with Crippen LogP contribution in [-0.4, -0.2) is 47.7 Å². The zero-order chi connectivity index (χ0) is 18.8. The first kappa shape index (κ1) is 18.4. The number of nitrogens with zero attached hydrogens (tertiary/aromatic N) is 2. The number of carboxylic acids is 1. The van der Waals surface area contributed by atoms with Crippen molar-refractivity contribution in [1.29, 1.82) is 0 Å². The Balaban J connectivity index is 1.67. The molecular weight excluding hydrogens is 362 g/mol. The topological polar surface area (TPSA) is 147 Å². The lowest BCUT2D eigenvalue weighted by Crippen LogP contribution is -2.53. The molecule has 1 aromatic carbocycles. The lowest BCUT2D eigenvalue weighted by Gasteiger charge is -2.29. The summed E-state index contributed by atoms with van der Waals surface area (Å²) in [4.78, 5) is 23.5. The molecule has 2 atom stereocenters. The molecule has 136 valence electrons. The van der Waals surface area contributed by atoms with E-state index in [4.69, 9.17) is 22.0 Å². The van der Waals surface area contributed by atoms with Crippen LogP contribution in [0.3, 0.4) is 0 Å². The van der Waals surface area contributed by atoms with Crippen LogP contribution >= 0.6 is 11.6 Å². The van der Waals surface area contributed by atoms with E-state index in [0.29, 0.717) is 16.3 Å². The first-order valence-corrected chi connectivity index (χ1v) is 8.27. The number of fused-ring (bicyclic) bond motifs is 1. The highest BCUT2D eigenvalue weighted by atomic mass is 35.5. The summed E-state index contributed by atoms with van der Waals surface area (Å²) in [6.07, 6.45) is 0.185. The van der Waals surface area contributed by atoms with Gasteiger partial charge in [0.2, 0.25) is 5.91 Å². The first-order valence-electron chi connectivity index (χ1n) is 7.89. The Labute approximate surface area is 154 Å². The van der Waals surface area contributed by atoms with Crippen LogP contribution in [-0.2, 0) is 11.2 Å². The Morgan fingerprint density at radius 3 is 2.88 bits per heavy atom. The standard InChI is InChI=1S/C15H16BClN4O5/c17-13-9(20-21-10(13)6-18)5-12(22)19-11-4-7-2-1-3-8(15(23)24)14(7)26-16(11)25/h1-3,9,11,25H,4-6,18H2,(H,19,22)(H,23,24)/t9?,11-/m0/s1. The van der Waals surface area contributed by atoms with Crippen molar-refractivity contribution < 1.29 is 24.4 Å². The molecule has 5 N–H and O–H groups in total. The van der Waals surface area contributed by atoms with E-state index in [9.17, 15) is 19.7 Å². The SMILES string of the molecule is NCC1=C(Cl)C(CC(=O)N[C@H]2Cc3cccc(C(=O)O)c3OB2O)N=N1. The van der Waals surface area contributed by atoms with E-state index in [1.54, 1.807) is 12.1 Å². The Morgan fingerprint density at radius 2 is 2.23 bits per heavy atom. The molecule has 3 rings (SSSR count). The number of carbonyl (C=O) groups is 2. The summed E-state index contributed by atoms with van der Waals surface area (Å²) in [6.45, 7) is 0.137. The normalized spacial score (nSPS) is 21.4. The van der Waals surface area contributed by atoms with Gasteiger partial charge in [0.15, 0.2) is 0 Å². The van der Waals surface area contributed by atoms with Gasteiger partial charge < -0.3 is 25.8 Å². The van der Waals surface area contributed by atoms with Crippen LogP contribution in [0.5, 0.6) is 5.75 Å². The van der Waals surface area contributed by atoms with E-state index in [-0.39, 0.29) is 30.7 Å². The highest BCUT2D eigenvalue weighted by Gasteiger charge is 2.38. The number of hydrogen-bond acceptors (Lipinski definition) is 7. The molecule has 2 aliphatic heterocycles. The number of nitrogens with one attached hydrogen (secondary N) is 1. The number of carboxylic acid groups (broad SMARTS) is 1. The van der Waals surface area contributed by atoms with Crippen molar-refractivity contribution in [3.8, 4) is 5.75 Å². The van der Waals surface area contributed by atoms with E-state index < -0.39 is 31.0 Å². The highest BCUT2D eigenvalue weighted by Crippen LogP contribution is 2.30. The monoisotopic (exact) mass is 378 g/mol. The molecule has 0 aliphatic carbocycles. The number of azo groups is 1. The molecule has 2 heterocycles. The lowest BCUT2D eigenvalue weighted by atomic mass is 9.72. The molecule has 0 radical (unpaired) electrons. The fourth-order valence-corrected chi connectivity index (χ4v) is 3.09. The predicted octanol–water partition coefficient (Wildman–Crippen LogP) is 0.458. The summed E-state index contributed by atoms with van der Waals surface area (Å²) in [6, 6.07) is 4.06. The maximum atomic E-state index is 12.3. The molecule has 0 aromatic heterocycles. The van der Waals surface area contributed by atoms with E-state index in [1.807, 2.05) is 0 Å². The molecule has 1 amide bonds. The van der Waals surface area contributed by atoms with Crippen LogP contribution in [0, 0.1) is 0 Å². The lowest BCUT2D eigenvalue weighted by molar-refractivity contribution is -0.121. The first-order chi connectivity index (χ1) is 12.4. The minimum atomic E-state index is -1.37. The number of carbonyl (C=O) groups excluding carboxylic acids is 1. The van der Waals surface area contributed by atoms with Gasteiger partial charge in [0, 0.05) is 6.54 Å². The van der Waals surface area contributed by atoms with Gasteiger partial charge in [0.1, 0.15) is 11.8 Å². The van der Waals surface area contributed by atoms with E-state index in [1.165, 1.54) is 6.07 Å². The van der Waals surface area contributed by atoms with Crippen molar-refractivity contribution in [2.24, 2.45) is 16.0 Å². The van der Waals surface area contributed by atoms with Crippen LogP contribution in [0.1, 0.15) is 22.3 Å². The summed E-state index contributed by atoms with van der Waals surface area (Å²) in [5.74, 6) is -2.16. The van der Waals surface area contributed by atoms with Crippen LogP contribution in [0.4, 0.5) is 0 Å². The Bertz CT molecular complexity index is 815. The molecule has 0 fully saturated rings. The Kier molecular flexibility index (Phi) is 5.26. The number of amides is 1. The maximum Gasteiger partial charge on any atom is 0.547 e. The van der Waals surface area contributed by atoms with E-state index >= 15 is 0 Å². The number of nitrogens with two attached hydrogens (primary N) is 1. The minimum absolute atomic E-state index is 0.0380. The Hall–Kier alpha value is -2.43.